The van der Waals surface area contributed by atoms with Crippen molar-refractivity contribution in [2.75, 3.05) is 0 Å². The predicted octanol–water partition coefficient (Wildman–Crippen LogP) is 6.42. The van der Waals surface area contributed by atoms with E-state index >= 15 is 0 Å². The van der Waals surface area contributed by atoms with Crippen LogP contribution in [0.3, 0.4) is 0 Å². The number of unbranched alkanes of at least 4 members (excludes halogenated alkanes) is 4. The van der Waals surface area contributed by atoms with E-state index in [9.17, 15) is 0 Å². The highest BCUT2D eigenvalue weighted by Crippen LogP contribution is 2.21. The van der Waals surface area contributed by atoms with Gasteiger partial charge in [0.05, 0.1) is 0 Å². The molecule has 2 rings (SSSR count). The molecule has 0 aliphatic carbocycles. The summed E-state index contributed by atoms with van der Waals surface area (Å²) in [5, 5.41) is 0. The van der Waals surface area contributed by atoms with Crippen molar-refractivity contribution in [3.63, 3.8) is 0 Å². The average Bonchev–Trinajstić information content (AvgIpc) is 2.49. The van der Waals surface area contributed by atoms with Gasteiger partial charge in [0.25, 0.3) is 0 Å². The lowest BCUT2D eigenvalue weighted by molar-refractivity contribution is 0.632. The summed E-state index contributed by atoms with van der Waals surface area (Å²) in [5.41, 5.74) is 5.42. The fourth-order valence-corrected chi connectivity index (χ4v) is 2.54. The number of benzene rings is 2. The van der Waals surface area contributed by atoms with E-state index < -0.39 is 0 Å². The molecule has 0 nitrogen and oxygen atoms in total. The van der Waals surface area contributed by atoms with Gasteiger partial charge >= 0.3 is 0 Å². The molecule has 0 saturated heterocycles. The molecule has 0 aliphatic rings. The molecule has 0 atom stereocenters. The van der Waals surface area contributed by atoms with Crippen LogP contribution in [0.15, 0.2) is 48.5 Å². The van der Waals surface area contributed by atoms with Gasteiger partial charge in [0.2, 0.25) is 0 Å². The quantitative estimate of drug-likeness (QED) is 0.508. The van der Waals surface area contributed by atoms with Gasteiger partial charge in [-0.25, -0.2) is 0 Å². The fourth-order valence-electron chi connectivity index (χ4n) is 2.54. The molecule has 0 aliphatic heterocycles. The second-order valence-electron chi connectivity index (χ2n) is 5.73. The van der Waals surface area contributed by atoms with Crippen molar-refractivity contribution in [1.82, 2.24) is 0 Å². The molecule has 0 amide bonds. The van der Waals surface area contributed by atoms with Crippen LogP contribution in [0.5, 0.6) is 0 Å². The van der Waals surface area contributed by atoms with E-state index in [-0.39, 0.29) is 1.43 Å². The summed E-state index contributed by atoms with van der Waals surface area (Å²) in [6, 6.07) is 17.8. The normalized spacial score (nSPS) is 10.7. The third kappa shape index (κ3) is 4.52. The third-order valence-corrected chi connectivity index (χ3v) is 3.91. The Kier molecular flexibility index (Phi) is 5.86. The Morgan fingerprint density at radius 2 is 1.25 bits per heavy atom. The molecule has 0 radical (unpaired) electrons. The predicted molar refractivity (Wildman–Crippen MR) is 91.2 cm³/mol. The molecule has 0 saturated carbocycles. The van der Waals surface area contributed by atoms with Gasteiger partial charge in [0, 0.05) is 1.43 Å². The van der Waals surface area contributed by atoms with Crippen molar-refractivity contribution in [3.05, 3.63) is 59.7 Å². The van der Waals surface area contributed by atoms with Gasteiger partial charge < -0.3 is 0 Å². The summed E-state index contributed by atoms with van der Waals surface area (Å²) in [4.78, 5) is 0. The van der Waals surface area contributed by atoms with Gasteiger partial charge in [-0.1, -0.05) is 86.7 Å². The van der Waals surface area contributed by atoms with Crippen LogP contribution < -0.4 is 0 Å². The maximum absolute atomic E-state index is 2.29. The average molecular weight is 268 g/mol. The van der Waals surface area contributed by atoms with E-state index in [0.717, 1.165) is 0 Å². The summed E-state index contributed by atoms with van der Waals surface area (Å²) in [5.74, 6) is 0. The van der Waals surface area contributed by atoms with Gasteiger partial charge in [-0.05, 0) is 36.5 Å². The van der Waals surface area contributed by atoms with E-state index in [1.807, 2.05) is 0 Å². The Morgan fingerprint density at radius 3 is 1.85 bits per heavy atom. The van der Waals surface area contributed by atoms with Crippen molar-refractivity contribution < 1.29 is 1.43 Å². The Labute approximate surface area is 125 Å². The van der Waals surface area contributed by atoms with Crippen molar-refractivity contribution >= 4 is 0 Å². The molecule has 2 aromatic rings. The zero-order chi connectivity index (χ0) is 14.2. The SMILES string of the molecule is CCCCCCCc1ccc(-c2ccc(C)cc2)cc1.[HH]. The first-order valence-electron chi connectivity index (χ1n) is 7.95. The summed E-state index contributed by atoms with van der Waals surface area (Å²) < 4.78 is 0. The molecule has 0 unspecified atom stereocenters. The molecule has 0 bridgehead atoms. The molecule has 0 heteroatoms. The zero-order valence-corrected chi connectivity index (χ0v) is 12.9. The first-order valence-corrected chi connectivity index (χ1v) is 7.95. The highest BCUT2D eigenvalue weighted by molar-refractivity contribution is 5.63. The van der Waals surface area contributed by atoms with E-state index in [4.69, 9.17) is 0 Å². The van der Waals surface area contributed by atoms with Crippen LogP contribution in [0.1, 0.15) is 51.6 Å². The van der Waals surface area contributed by atoms with E-state index in [2.05, 4.69) is 62.4 Å². The summed E-state index contributed by atoms with van der Waals surface area (Å²) in [6.07, 6.45) is 8.00. The lowest BCUT2D eigenvalue weighted by Crippen LogP contribution is -1.87. The number of hydrogen-bond acceptors (Lipinski definition) is 0. The molecule has 108 valence electrons. The van der Waals surface area contributed by atoms with Crippen LogP contribution >= 0.6 is 0 Å². The van der Waals surface area contributed by atoms with Crippen molar-refractivity contribution in [2.24, 2.45) is 0 Å². The largest absolute Gasteiger partial charge is 0.0654 e. The van der Waals surface area contributed by atoms with Gasteiger partial charge in [0.15, 0.2) is 0 Å². The highest BCUT2D eigenvalue weighted by Gasteiger charge is 1.98. The first-order chi connectivity index (χ1) is 9.79. The lowest BCUT2D eigenvalue weighted by Gasteiger charge is -2.05. The Morgan fingerprint density at radius 1 is 0.700 bits per heavy atom. The maximum Gasteiger partial charge on any atom is 0 e. The van der Waals surface area contributed by atoms with Gasteiger partial charge in [-0.3, -0.25) is 0 Å². The lowest BCUT2D eigenvalue weighted by atomic mass is 10.0. The molecule has 0 spiro atoms. The first kappa shape index (κ1) is 14.8. The Bertz CT molecular complexity index is 496. The van der Waals surface area contributed by atoms with Crippen LogP contribution in [-0.2, 0) is 6.42 Å². The molecule has 0 aromatic heterocycles. The molecular formula is C20H28. The minimum absolute atomic E-state index is 0. The van der Waals surface area contributed by atoms with E-state index in [1.54, 1.807) is 0 Å². The van der Waals surface area contributed by atoms with Crippen molar-refractivity contribution in [2.45, 2.75) is 52.4 Å². The molecule has 2 aromatic carbocycles. The molecular weight excluding hydrogens is 240 g/mol. The molecule has 20 heavy (non-hydrogen) atoms. The van der Waals surface area contributed by atoms with E-state index in [1.165, 1.54) is 60.8 Å². The van der Waals surface area contributed by atoms with Crippen molar-refractivity contribution in [3.8, 4) is 11.1 Å². The summed E-state index contributed by atoms with van der Waals surface area (Å²) >= 11 is 0. The molecule has 0 N–H and O–H groups in total. The second kappa shape index (κ2) is 7.89. The Hall–Kier alpha value is -1.56. The minimum atomic E-state index is 0. The van der Waals surface area contributed by atoms with Crippen LogP contribution in [0.25, 0.3) is 11.1 Å². The van der Waals surface area contributed by atoms with Crippen molar-refractivity contribution in [1.29, 1.82) is 0 Å². The highest BCUT2D eigenvalue weighted by atomic mass is 14.0. The number of hydrogen-bond donors (Lipinski definition) is 0. The van der Waals surface area contributed by atoms with Crippen LogP contribution in [0.4, 0.5) is 0 Å². The monoisotopic (exact) mass is 268 g/mol. The van der Waals surface area contributed by atoms with Crippen LogP contribution in [-0.4, -0.2) is 0 Å². The molecule has 0 heterocycles. The van der Waals surface area contributed by atoms with Crippen LogP contribution in [0, 0.1) is 6.92 Å². The zero-order valence-electron chi connectivity index (χ0n) is 12.9. The van der Waals surface area contributed by atoms with Gasteiger partial charge in [-0.15, -0.1) is 0 Å². The number of rotatable bonds is 7. The van der Waals surface area contributed by atoms with Gasteiger partial charge in [-0.2, -0.15) is 0 Å². The van der Waals surface area contributed by atoms with Gasteiger partial charge in [0.1, 0.15) is 0 Å². The smallest absolute Gasteiger partial charge is 0 e. The molecule has 0 fully saturated rings. The van der Waals surface area contributed by atoms with E-state index in [0.29, 0.717) is 0 Å². The third-order valence-electron chi connectivity index (χ3n) is 3.91. The van der Waals surface area contributed by atoms with Crippen LogP contribution in [0.2, 0.25) is 0 Å². The fraction of sp³-hybridized carbons (Fsp3) is 0.400. The topological polar surface area (TPSA) is 0 Å². The standard InChI is InChI=1S/C20H26.H2/c1-3-4-5-6-7-8-18-11-15-20(16-12-18)19-13-9-17(2)10-14-19;/h9-16H,3-8H2,1-2H3;1H. The minimum Gasteiger partial charge on any atom is -0.0654 e. The maximum atomic E-state index is 2.29. The summed E-state index contributed by atoms with van der Waals surface area (Å²) in [7, 11) is 0. The summed E-state index contributed by atoms with van der Waals surface area (Å²) in [6.45, 7) is 4.40. The Balaban J connectivity index is 0.00000220. The number of aryl methyl sites for hydroxylation is 2. The second-order valence-corrected chi connectivity index (χ2v) is 5.73.